The number of phenols is 1. The van der Waals surface area contributed by atoms with Gasteiger partial charge in [-0.3, -0.25) is 4.79 Å². The van der Waals surface area contributed by atoms with Crippen LogP contribution in [0.5, 0.6) is 5.75 Å². The van der Waals surface area contributed by atoms with Crippen molar-refractivity contribution in [3.63, 3.8) is 0 Å². The lowest BCUT2D eigenvalue weighted by Gasteiger charge is -2.27. The van der Waals surface area contributed by atoms with Crippen LogP contribution < -0.4 is 5.32 Å². The highest BCUT2D eigenvalue weighted by Crippen LogP contribution is 2.22. The van der Waals surface area contributed by atoms with E-state index in [-0.39, 0.29) is 17.9 Å². The zero-order valence-corrected chi connectivity index (χ0v) is 10.6. The van der Waals surface area contributed by atoms with Gasteiger partial charge in [-0.1, -0.05) is 18.5 Å². The maximum Gasteiger partial charge on any atom is 0.255 e. The monoisotopic (exact) mass is 257 g/mol. The Bertz CT molecular complexity index is 416. The van der Waals surface area contributed by atoms with Crippen molar-refractivity contribution in [3.8, 4) is 5.75 Å². The van der Waals surface area contributed by atoms with Crippen molar-refractivity contribution in [1.82, 2.24) is 5.32 Å². The molecular formula is C12H16ClNO3. The summed E-state index contributed by atoms with van der Waals surface area (Å²) in [5.41, 5.74) is -0.550. The average Bonchev–Trinajstić information content (AvgIpc) is 2.28. The van der Waals surface area contributed by atoms with E-state index in [9.17, 15) is 15.0 Å². The highest BCUT2D eigenvalue weighted by atomic mass is 35.5. The summed E-state index contributed by atoms with van der Waals surface area (Å²) in [5.74, 6) is -0.607. The van der Waals surface area contributed by atoms with E-state index in [0.717, 1.165) is 0 Å². The molecule has 0 aliphatic carbocycles. The number of aliphatic hydroxyl groups is 1. The fourth-order valence-corrected chi connectivity index (χ4v) is 1.44. The number of aliphatic hydroxyl groups excluding tert-OH is 1. The van der Waals surface area contributed by atoms with Crippen LogP contribution in [0.25, 0.3) is 0 Å². The van der Waals surface area contributed by atoms with Crippen molar-refractivity contribution in [2.24, 2.45) is 0 Å². The number of nitrogens with one attached hydrogen (secondary N) is 1. The van der Waals surface area contributed by atoms with Crippen LogP contribution in [0.2, 0.25) is 5.02 Å². The molecule has 5 heteroatoms. The number of amides is 1. The molecule has 0 saturated carbocycles. The van der Waals surface area contributed by atoms with Gasteiger partial charge in [0.1, 0.15) is 5.75 Å². The Morgan fingerprint density at radius 1 is 1.53 bits per heavy atom. The minimum absolute atomic E-state index is 0.141. The van der Waals surface area contributed by atoms with Gasteiger partial charge in [0.15, 0.2) is 0 Å². The number of hydrogen-bond donors (Lipinski definition) is 3. The van der Waals surface area contributed by atoms with Crippen molar-refractivity contribution < 1.29 is 15.0 Å². The number of carbonyl (C=O) groups is 1. The number of aromatic hydroxyl groups is 1. The molecule has 1 atom stereocenters. The zero-order valence-electron chi connectivity index (χ0n) is 9.83. The molecule has 1 rings (SSSR count). The van der Waals surface area contributed by atoms with Gasteiger partial charge in [0, 0.05) is 5.02 Å². The molecule has 0 aliphatic heterocycles. The Morgan fingerprint density at radius 3 is 2.65 bits per heavy atom. The van der Waals surface area contributed by atoms with E-state index in [1.165, 1.54) is 18.2 Å². The normalized spacial score (nSPS) is 14.1. The summed E-state index contributed by atoms with van der Waals surface area (Å²) in [7, 11) is 0. The molecule has 1 amide bonds. The molecule has 0 aliphatic rings. The van der Waals surface area contributed by atoms with Crippen LogP contribution >= 0.6 is 11.6 Å². The molecule has 0 radical (unpaired) electrons. The molecule has 17 heavy (non-hydrogen) atoms. The van der Waals surface area contributed by atoms with Crippen LogP contribution in [0.4, 0.5) is 0 Å². The van der Waals surface area contributed by atoms with Crippen LogP contribution in [0, 0.1) is 0 Å². The third kappa shape index (κ3) is 3.35. The number of carbonyl (C=O) groups excluding carboxylic acids is 1. The lowest BCUT2D eigenvalue weighted by atomic mass is 9.99. The van der Waals surface area contributed by atoms with E-state index in [4.69, 9.17) is 11.6 Å². The molecule has 0 bridgehead atoms. The Hall–Kier alpha value is -1.26. The Morgan fingerprint density at radius 2 is 2.18 bits per heavy atom. The predicted octanol–water partition coefficient (Wildman–Crippen LogP) is 1.94. The van der Waals surface area contributed by atoms with Crippen LogP contribution in [0.1, 0.15) is 30.6 Å². The van der Waals surface area contributed by atoms with Crippen LogP contribution in [0.15, 0.2) is 18.2 Å². The van der Waals surface area contributed by atoms with Gasteiger partial charge in [-0.25, -0.2) is 0 Å². The van der Waals surface area contributed by atoms with Gasteiger partial charge in [0.2, 0.25) is 0 Å². The Kier molecular flexibility index (Phi) is 4.37. The Labute approximate surface area is 105 Å². The van der Waals surface area contributed by atoms with Crippen LogP contribution in [-0.2, 0) is 0 Å². The quantitative estimate of drug-likeness (QED) is 0.772. The highest BCUT2D eigenvalue weighted by Gasteiger charge is 2.24. The first-order valence-electron chi connectivity index (χ1n) is 5.34. The van der Waals surface area contributed by atoms with Gasteiger partial charge in [0.25, 0.3) is 5.91 Å². The fraction of sp³-hybridized carbons (Fsp3) is 0.417. The lowest BCUT2D eigenvalue weighted by molar-refractivity contribution is 0.0845. The van der Waals surface area contributed by atoms with Gasteiger partial charge >= 0.3 is 0 Å². The molecule has 0 aromatic heterocycles. The van der Waals surface area contributed by atoms with Gasteiger partial charge < -0.3 is 15.5 Å². The highest BCUT2D eigenvalue weighted by molar-refractivity contribution is 6.30. The number of halogens is 1. The SMILES string of the molecule is CCC(C)(CO)NC(=O)c1ccc(Cl)cc1O. The van der Waals surface area contributed by atoms with E-state index < -0.39 is 11.4 Å². The van der Waals surface area contributed by atoms with E-state index in [1.54, 1.807) is 6.92 Å². The molecule has 0 fully saturated rings. The smallest absolute Gasteiger partial charge is 0.255 e. The summed E-state index contributed by atoms with van der Waals surface area (Å²) < 4.78 is 0. The number of benzene rings is 1. The maximum atomic E-state index is 11.9. The van der Waals surface area contributed by atoms with E-state index >= 15 is 0 Å². The van der Waals surface area contributed by atoms with Crippen molar-refractivity contribution in [1.29, 1.82) is 0 Å². The summed E-state index contributed by atoms with van der Waals surface area (Å²) >= 11 is 5.68. The maximum absolute atomic E-state index is 11.9. The average molecular weight is 258 g/mol. The molecule has 0 heterocycles. The van der Waals surface area contributed by atoms with E-state index in [2.05, 4.69) is 5.32 Å². The van der Waals surface area contributed by atoms with Crippen molar-refractivity contribution in [2.75, 3.05) is 6.61 Å². The summed E-state index contributed by atoms with van der Waals surface area (Å²) in [4.78, 5) is 11.9. The second kappa shape index (κ2) is 5.38. The van der Waals surface area contributed by atoms with Gasteiger partial charge in [-0.15, -0.1) is 0 Å². The van der Waals surface area contributed by atoms with Gasteiger partial charge in [-0.05, 0) is 31.5 Å². The van der Waals surface area contributed by atoms with Crippen LogP contribution in [0.3, 0.4) is 0 Å². The number of hydrogen-bond acceptors (Lipinski definition) is 3. The second-order valence-electron chi connectivity index (χ2n) is 4.19. The predicted molar refractivity (Wildman–Crippen MR) is 66.4 cm³/mol. The molecule has 3 N–H and O–H groups in total. The molecule has 0 spiro atoms. The van der Waals surface area contributed by atoms with E-state index in [1.807, 2.05) is 6.92 Å². The van der Waals surface area contributed by atoms with Crippen LogP contribution in [-0.4, -0.2) is 28.3 Å². The zero-order chi connectivity index (χ0) is 13.1. The topological polar surface area (TPSA) is 69.6 Å². The first kappa shape index (κ1) is 13.8. The summed E-state index contributed by atoms with van der Waals surface area (Å²) in [5, 5.41) is 21.8. The van der Waals surface area contributed by atoms with Gasteiger partial charge in [0.05, 0.1) is 17.7 Å². The number of phenolic OH excluding ortho intramolecular Hbond substituents is 1. The second-order valence-corrected chi connectivity index (χ2v) is 4.62. The summed E-state index contributed by atoms with van der Waals surface area (Å²) in [6.07, 6.45) is 0.587. The van der Waals surface area contributed by atoms with E-state index in [0.29, 0.717) is 11.4 Å². The molecule has 0 saturated heterocycles. The van der Waals surface area contributed by atoms with Crippen molar-refractivity contribution in [3.05, 3.63) is 28.8 Å². The van der Waals surface area contributed by atoms with Crippen molar-refractivity contribution >= 4 is 17.5 Å². The largest absolute Gasteiger partial charge is 0.507 e. The standard InChI is InChI=1S/C12H16ClNO3/c1-3-12(2,7-15)14-11(17)9-5-4-8(13)6-10(9)16/h4-6,15-16H,3,7H2,1-2H3,(H,14,17). The minimum Gasteiger partial charge on any atom is -0.507 e. The minimum atomic E-state index is -0.691. The lowest BCUT2D eigenvalue weighted by Crippen LogP contribution is -2.48. The molecule has 4 nitrogen and oxygen atoms in total. The molecular weight excluding hydrogens is 242 g/mol. The first-order valence-corrected chi connectivity index (χ1v) is 5.71. The van der Waals surface area contributed by atoms with Crippen molar-refractivity contribution in [2.45, 2.75) is 25.8 Å². The summed E-state index contributed by atoms with van der Waals surface area (Å²) in [6, 6.07) is 4.28. The molecule has 94 valence electrons. The molecule has 1 unspecified atom stereocenters. The number of rotatable bonds is 4. The summed E-state index contributed by atoms with van der Waals surface area (Å²) in [6.45, 7) is 3.43. The Balaban J connectivity index is 2.90. The molecule has 1 aromatic rings. The first-order chi connectivity index (χ1) is 7.91. The van der Waals surface area contributed by atoms with Gasteiger partial charge in [-0.2, -0.15) is 0 Å². The molecule has 1 aromatic carbocycles. The fourth-order valence-electron chi connectivity index (χ4n) is 1.28. The third-order valence-electron chi connectivity index (χ3n) is 2.75. The third-order valence-corrected chi connectivity index (χ3v) is 2.98.